The summed E-state index contributed by atoms with van der Waals surface area (Å²) in [5.74, 6) is -0.487. The molecule has 1 atom stereocenters. The molecule has 1 aliphatic carbocycles. The molecule has 2 N–H and O–H groups in total. The molecule has 1 fully saturated rings. The summed E-state index contributed by atoms with van der Waals surface area (Å²) in [7, 11) is 0. The predicted octanol–water partition coefficient (Wildman–Crippen LogP) is 3.71. The summed E-state index contributed by atoms with van der Waals surface area (Å²) in [6.45, 7) is 2.07. The number of fused-ring (bicyclic) bond motifs is 1. The van der Waals surface area contributed by atoms with Crippen molar-refractivity contribution in [2.45, 2.75) is 58.0 Å². The molecule has 1 amide bonds. The standard InChI is InChI=1S/C17H22FNO2/c1-2-17(7-3-4-8-17)16(21)12-9-11-5-6-15(20)19-14(11)10-13(12)18/h9-10,16,21H,2-8H2,1H3,(H,19,20). The monoisotopic (exact) mass is 291 g/mol. The van der Waals surface area contributed by atoms with Gasteiger partial charge < -0.3 is 10.4 Å². The lowest BCUT2D eigenvalue weighted by molar-refractivity contribution is -0.116. The summed E-state index contributed by atoms with van der Waals surface area (Å²) in [4.78, 5) is 11.4. The van der Waals surface area contributed by atoms with Crippen molar-refractivity contribution < 1.29 is 14.3 Å². The summed E-state index contributed by atoms with van der Waals surface area (Å²) >= 11 is 0. The summed E-state index contributed by atoms with van der Waals surface area (Å²) < 4.78 is 14.4. The highest BCUT2D eigenvalue weighted by molar-refractivity contribution is 5.93. The van der Waals surface area contributed by atoms with E-state index in [2.05, 4.69) is 12.2 Å². The van der Waals surface area contributed by atoms with E-state index in [0.29, 0.717) is 24.1 Å². The highest BCUT2D eigenvalue weighted by Crippen LogP contribution is 2.50. The largest absolute Gasteiger partial charge is 0.388 e. The lowest BCUT2D eigenvalue weighted by atomic mass is 9.74. The van der Waals surface area contributed by atoms with Crippen molar-refractivity contribution >= 4 is 11.6 Å². The Bertz CT molecular complexity index is 564. The Morgan fingerprint density at radius 1 is 1.33 bits per heavy atom. The van der Waals surface area contributed by atoms with E-state index >= 15 is 0 Å². The maximum Gasteiger partial charge on any atom is 0.224 e. The average molecular weight is 291 g/mol. The van der Waals surface area contributed by atoms with Crippen LogP contribution in [0.25, 0.3) is 0 Å². The van der Waals surface area contributed by atoms with Gasteiger partial charge in [-0.05, 0) is 43.4 Å². The molecule has 0 bridgehead atoms. The molecule has 1 aromatic carbocycles. The van der Waals surface area contributed by atoms with Crippen molar-refractivity contribution in [3.8, 4) is 0 Å². The summed E-state index contributed by atoms with van der Waals surface area (Å²) in [5, 5.41) is 13.5. The van der Waals surface area contributed by atoms with Crippen LogP contribution in [-0.2, 0) is 11.2 Å². The molecule has 1 saturated carbocycles. The SMILES string of the molecule is CCC1(C(O)c2cc3c(cc2F)NC(=O)CC3)CCCC1. The number of anilines is 1. The van der Waals surface area contributed by atoms with Crippen LogP contribution in [0, 0.1) is 11.2 Å². The second-order valence-corrected chi connectivity index (χ2v) is 6.40. The number of benzene rings is 1. The molecular formula is C17H22FNO2. The van der Waals surface area contributed by atoms with Gasteiger partial charge in [-0.25, -0.2) is 4.39 Å². The zero-order valence-electron chi connectivity index (χ0n) is 12.4. The molecule has 0 saturated heterocycles. The van der Waals surface area contributed by atoms with Crippen LogP contribution in [-0.4, -0.2) is 11.0 Å². The van der Waals surface area contributed by atoms with Gasteiger partial charge in [0.25, 0.3) is 0 Å². The van der Waals surface area contributed by atoms with Gasteiger partial charge in [-0.15, -0.1) is 0 Å². The smallest absolute Gasteiger partial charge is 0.224 e. The van der Waals surface area contributed by atoms with Crippen LogP contribution in [0.4, 0.5) is 10.1 Å². The first-order valence-corrected chi connectivity index (χ1v) is 7.86. The van der Waals surface area contributed by atoms with Crippen molar-refractivity contribution in [2.24, 2.45) is 5.41 Å². The molecule has 1 aromatic rings. The molecule has 2 aliphatic rings. The Morgan fingerprint density at radius 3 is 2.71 bits per heavy atom. The number of aliphatic hydroxyl groups is 1. The van der Waals surface area contributed by atoms with E-state index in [-0.39, 0.29) is 11.3 Å². The molecular weight excluding hydrogens is 269 g/mol. The maximum atomic E-state index is 14.4. The average Bonchev–Trinajstić information content (AvgIpc) is 2.96. The number of hydrogen-bond donors (Lipinski definition) is 2. The normalized spacial score (nSPS) is 21.8. The van der Waals surface area contributed by atoms with Gasteiger partial charge in [0.1, 0.15) is 5.82 Å². The van der Waals surface area contributed by atoms with Gasteiger partial charge in [-0.2, -0.15) is 0 Å². The van der Waals surface area contributed by atoms with E-state index in [1.807, 2.05) is 0 Å². The fourth-order valence-electron chi connectivity index (χ4n) is 3.86. The number of rotatable bonds is 3. The number of amides is 1. The van der Waals surface area contributed by atoms with Crippen molar-refractivity contribution in [2.75, 3.05) is 5.32 Å². The molecule has 3 nitrogen and oxygen atoms in total. The number of hydrogen-bond acceptors (Lipinski definition) is 2. The minimum atomic E-state index is -0.757. The highest BCUT2D eigenvalue weighted by atomic mass is 19.1. The van der Waals surface area contributed by atoms with E-state index in [0.717, 1.165) is 37.7 Å². The summed E-state index contributed by atoms with van der Waals surface area (Å²) in [6, 6.07) is 3.12. The van der Waals surface area contributed by atoms with Crippen molar-refractivity contribution in [3.05, 3.63) is 29.1 Å². The third kappa shape index (κ3) is 2.46. The molecule has 1 aliphatic heterocycles. The molecule has 1 unspecified atom stereocenters. The number of aryl methyl sites for hydroxylation is 1. The lowest BCUT2D eigenvalue weighted by Gasteiger charge is -2.34. The Labute approximate surface area is 124 Å². The van der Waals surface area contributed by atoms with Crippen LogP contribution in [0.5, 0.6) is 0 Å². The van der Waals surface area contributed by atoms with Gasteiger partial charge in [0.05, 0.1) is 6.10 Å². The molecule has 0 radical (unpaired) electrons. The topological polar surface area (TPSA) is 49.3 Å². The Kier molecular flexibility index (Phi) is 3.74. The maximum absolute atomic E-state index is 14.4. The predicted molar refractivity (Wildman–Crippen MR) is 79.5 cm³/mol. The van der Waals surface area contributed by atoms with E-state index in [4.69, 9.17) is 0 Å². The zero-order chi connectivity index (χ0) is 15.0. The number of halogens is 1. The molecule has 4 heteroatoms. The lowest BCUT2D eigenvalue weighted by Crippen LogP contribution is -2.27. The van der Waals surface area contributed by atoms with Crippen LogP contribution in [0.15, 0.2) is 12.1 Å². The van der Waals surface area contributed by atoms with Crippen molar-refractivity contribution in [1.82, 2.24) is 0 Å². The molecule has 21 heavy (non-hydrogen) atoms. The third-order valence-electron chi connectivity index (χ3n) is 5.30. The molecule has 0 aromatic heterocycles. The van der Waals surface area contributed by atoms with Gasteiger partial charge in [-0.3, -0.25) is 4.79 Å². The van der Waals surface area contributed by atoms with E-state index in [9.17, 15) is 14.3 Å². The number of nitrogens with one attached hydrogen (secondary N) is 1. The number of carbonyl (C=O) groups excluding carboxylic acids is 1. The fraction of sp³-hybridized carbons (Fsp3) is 0.588. The number of aliphatic hydroxyl groups excluding tert-OH is 1. The van der Waals surface area contributed by atoms with Gasteiger partial charge in [0, 0.05) is 23.1 Å². The van der Waals surface area contributed by atoms with Crippen LogP contribution >= 0.6 is 0 Å². The van der Waals surface area contributed by atoms with E-state index in [1.165, 1.54) is 6.07 Å². The molecule has 3 rings (SSSR count). The van der Waals surface area contributed by atoms with Crippen LogP contribution < -0.4 is 5.32 Å². The van der Waals surface area contributed by atoms with E-state index in [1.54, 1.807) is 6.07 Å². The van der Waals surface area contributed by atoms with Crippen LogP contribution in [0.3, 0.4) is 0 Å². The van der Waals surface area contributed by atoms with Gasteiger partial charge >= 0.3 is 0 Å². The third-order valence-corrected chi connectivity index (χ3v) is 5.30. The minimum Gasteiger partial charge on any atom is -0.388 e. The molecule has 114 valence electrons. The second-order valence-electron chi connectivity index (χ2n) is 6.40. The Morgan fingerprint density at radius 2 is 2.05 bits per heavy atom. The van der Waals surface area contributed by atoms with Gasteiger partial charge in [-0.1, -0.05) is 19.8 Å². The minimum absolute atomic E-state index is 0.0731. The summed E-state index contributed by atoms with van der Waals surface area (Å²) in [6.07, 6.45) is 5.26. The van der Waals surface area contributed by atoms with E-state index < -0.39 is 11.9 Å². The molecule has 1 heterocycles. The van der Waals surface area contributed by atoms with Gasteiger partial charge in [0.2, 0.25) is 5.91 Å². The van der Waals surface area contributed by atoms with Gasteiger partial charge in [0.15, 0.2) is 0 Å². The quantitative estimate of drug-likeness (QED) is 0.892. The molecule has 0 spiro atoms. The second kappa shape index (κ2) is 5.41. The Hall–Kier alpha value is -1.42. The van der Waals surface area contributed by atoms with Crippen LogP contribution in [0.2, 0.25) is 0 Å². The highest BCUT2D eigenvalue weighted by Gasteiger charge is 2.41. The first-order valence-electron chi connectivity index (χ1n) is 7.86. The van der Waals surface area contributed by atoms with Crippen LogP contribution in [0.1, 0.15) is 62.7 Å². The fourth-order valence-corrected chi connectivity index (χ4v) is 3.86. The van der Waals surface area contributed by atoms with Crippen molar-refractivity contribution in [1.29, 1.82) is 0 Å². The summed E-state index contributed by atoms with van der Waals surface area (Å²) in [5.41, 5.74) is 1.69. The Balaban J connectivity index is 1.97. The first kappa shape index (κ1) is 14.5. The first-order chi connectivity index (χ1) is 10.1. The zero-order valence-corrected chi connectivity index (χ0v) is 12.4. The van der Waals surface area contributed by atoms with Crippen molar-refractivity contribution in [3.63, 3.8) is 0 Å². The number of carbonyl (C=O) groups is 1.